The fourth-order valence-electron chi connectivity index (χ4n) is 3.92. The van der Waals surface area contributed by atoms with Gasteiger partial charge in [-0.05, 0) is 63.4 Å². The van der Waals surface area contributed by atoms with Gasteiger partial charge in [0.15, 0.2) is 5.78 Å². The van der Waals surface area contributed by atoms with Crippen molar-refractivity contribution in [1.82, 2.24) is 14.9 Å². The topological polar surface area (TPSA) is 100 Å². The third-order valence-electron chi connectivity index (χ3n) is 5.73. The number of allylic oxidation sites excluding steroid dienone is 1. The maximum atomic E-state index is 12.9. The molecule has 0 unspecified atom stereocenters. The van der Waals surface area contributed by atoms with Crippen molar-refractivity contribution < 1.29 is 19.8 Å². The Kier molecular flexibility index (Phi) is 7.95. The zero-order valence-corrected chi connectivity index (χ0v) is 22.8. The van der Waals surface area contributed by atoms with Crippen LogP contribution in [0, 0.1) is 11.3 Å². The Balaban J connectivity index is 1.63. The number of hydrogen-bond donors (Lipinski definition) is 1. The number of aromatic nitrogens is 2. The Morgan fingerprint density at radius 3 is 2.83 bits per heavy atom. The number of hydrogen-bond acceptors (Lipinski definition) is 8. The average Bonchev–Trinajstić information content (AvgIpc) is 2.97. The molecule has 2 aromatic heterocycles. The number of likely N-dealkylation sites (N-methyl/N-ethyl adjacent to an activating group) is 1. The van der Waals surface area contributed by atoms with Gasteiger partial charge in [0, 0.05) is 52.2 Å². The Morgan fingerprint density at radius 1 is 1.23 bits per heavy atom. The molecule has 8 nitrogen and oxygen atoms in total. The van der Waals surface area contributed by atoms with Gasteiger partial charge in [-0.2, -0.15) is 5.26 Å². The van der Waals surface area contributed by atoms with Crippen molar-refractivity contribution in [3.8, 4) is 17.6 Å². The highest BCUT2D eigenvalue weighted by Crippen LogP contribution is 2.36. The summed E-state index contributed by atoms with van der Waals surface area (Å²) in [6.45, 7) is -0.191. The molecule has 204 valence electrons. The number of pyridine rings is 2. The molecule has 4 aromatic rings. The van der Waals surface area contributed by atoms with E-state index < -0.39 is 12.8 Å². The summed E-state index contributed by atoms with van der Waals surface area (Å²) >= 11 is 6.52. The first-order chi connectivity index (χ1) is 21.0. The van der Waals surface area contributed by atoms with Crippen LogP contribution in [0.25, 0.3) is 10.9 Å². The highest BCUT2D eigenvalue weighted by molar-refractivity contribution is 6.32. The van der Waals surface area contributed by atoms with E-state index in [-0.39, 0.29) is 31.2 Å². The number of ether oxygens (including phenoxy) is 2. The standard InChI is InChI=1S/C31H30ClN5O3/c1-4-39-30-17-28-26(15-21(30)14-25(38)9-7-13-37(2)3)31(22(18-33)19-35-28)36-23-10-11-29(27(32)16-23)40-20-24-8-5-6-12-34-24/h5-12,15-17,19H,4,13-14,20H2,1-3H3,(H,35,36)/b9-7+/i2D3,7D. The maximum absolute atomic E-state index is 12.9. The fourth-order valence-corrected chi connectivity index (χ4v) is 4.16. The van der Waals surface area contributed by atoms with E-state index in [1.54, 1.807) is 36.5 Å². The second-order valence-electron chi connectivity index (χ2n) is 8.80. The molecule has 0 amide bonds. The van der Waals surface area contributed by atoms with Crippen molar-refractivity contribution in [2.45, 2.75) is 20.0 Å². The van der Waals surface area contributed by atoms with E-state index >= 15 is 0 Å². The van der Waals surface area contributed by atoms with Gasteiger partial charge in [0.1, 0.15) is 24.2 Å². The number of anilines is 2. The molecule has 2 aromatic carbocycles. The largest absolute Gasteiger partial charge is 0.494 e. The first-order valence-electron chi connectivity index (χ1n) is 14.5. The van der Waals surface area contributed by atoms with Crippen LogP contribution < -0.4 is 14.8 Å². The molecule has 0 fully saturated rings. The lowest BCUT2D eigenvalue weighted by molar-refractivity contribution is -0.114. The van der Waals surface area contributed by atoms with Gasteiger partial charge >= 0.3 is 0 Å². The van der Waals surface area contributed by atoms with Crippen molar-refractivity contribution in [3.63, 3.8) is 0 Å². The molecule has 2 heterocycles. The summed E-state index contributed by atoms with van der Waals surface area (Å²) < 4.78 is 42.1. The van der Waals surface area contributed by atoms with Crippen molar-refractivity contribution in [2.75, 3.05) is 32.5 Å². The highest BCUT2D eigenvalue weighted by Gasteiger charge is 2.16. The van der Waals surface area contributed by atoms with Gasteiger partial charge in [-0.1, -0.05) is 23.7 Å². The van der Waals surface area contributed by atoms with Crippen LogP contribution in [0.1, 0.15) is 29.2 Å². The number of nitriles is 1. The van der Waals surface area contributed by atoms with Crippen LogP contribution in [-0.2, 0) is 17.8 Å². The van der Waals surface area contributed by atoms with Gasteiger partial charge < -0.3 is 19.7 Å². The van der Waals surface area contributed by atoms with E-state index in [1.807, 2.05) is 25.1 Å². The molecule has 0 atom stereocenters. The van der Waals surface area contributed by atoms with Crippen LogP contribution in [0.2, 0.25) is 5.02 Å². The van der Waals surface area contributed by atoms with E-state index in [4.69, 9.17) is 26.6 Å². The summed E-state index contributed by atoms with van der Waals surface area (Å²) in [4.78, 5) is 22.6. The zero-order chi connectivity index (χ0) is 31.9. The molecule has 0 saturated carbocycles. The van der Waals surface area contributed by atoms with Crippen LogP contribution in [0.15, 0.2) is 73.1 Å². The number of carbonyl (C=O) groups is 1. The second kappa shape index (κ2) is 13.6. The highest BCUT2D eigenvalue weighted by atomic mass is 35.5. The second-order valence-corrected chi connectivity index (χ2v) is 9.20. The molecular weight excluding hydrogens is 526 g/mol. The fraction of sp³-hybridized carbons (Fsp3) is 0.226. The number of fused-ring (bicyclic) bond motifs is 1. The monoisotopic (exact) mass is 559 g/mol. The normalized spacial score (nSPS) is 13.1. The number of halogens is 1. The zero-order valence-electron chi connectivity index (χ0n) is 26.1. The van der Waals surface area contributed by atoms with Crippen molar-refractivity contribution in [1.29, 1.82) is 5.26 Å². The third kappa shape index (κ3) is 7.35. The lowest BCUT2D eigenvalue weighted by Gasteiger charge is -2.16. The van der Waals surface area contributed by atoms with E-state index in [2.05, 4.69) is 21.4 Å². The van der Waals surface area contributed by atoms with E-state index in [9.17, 15) is 10.1 Å². The number of carbonyl (C=O) groups excluding carboxylic acids is 1. The van der Waals surface area contributed by atoms with E-state index in [0.717, 1.165) is 16.7 Å². The Hall–Kier alpha value is -4.45. The summed E-state index contributed by atoms with van der Waals surface area (Å²) in [5.74, 6) is 0.506. The van der Waals surface area contributed by atoms with Crippen molar-refractivity contribution in [2.24, 2.45) is 0 Å². The van der Waals surface area contributed by atoms with Crippen LogP contribution in [0.3, 0.4) is 0 Å². The van der Waals surface area contributed by atoms with Crippen LogP contribution in [0.5, 0.6) is 11.5 Å². The molecule has 40 heavy (non-hydrogen) atoms. The van der Waals surface area contributed by atoms with Crippen molar-refractivity contribution >= 4 is 39.7 Å². The number of rotatable bonds is 12. The van der Waals surface area contributed by atoms with Gasteiger partial charge in [-0.25, -0.2) is 0 Å². The minimum atomic E-state index is -2.38. The minimum absolute atomic E-state index is 0.116. The quantitative estimate of drug-likeness (QED) is 0.208. The summed E-state index contributed by atoms with van der Waals surface area (Å²) in [7, 11) is 1.36. The lowest BCUT2D eigenvalue weighted by Crippen LogP contribution is -2.11. The summed E-state index contributed by atoms with van der Waals surface area (Å²) in [6.07, 6.45) is 4.14. The van der Waals surface area contributed by atoms with Gasteiger partial charge in [0.2, 0.25) is 0 Å². The maximum Gasteiger partial charge on any atom is 0.159 e. The molecule has 9 heteroatoms. The smallest absolute Gasteiger partial charge is 0.159 e. The van der Waals surface area contributed by atoms with Crippen LogP contribution in [0.4, 0.5) is 11.4 Å². The number of benzene rings is 2. The lowest BCUT2D eigenvalue weighted by atomic mass is 10.0. The third-order valence-corrected chi connectivity index (χ3v) is 6.03. The molecule has 0 aliphatic rings. The number of ketones is 1. The summed E-state index contributed by atoms with van der Waals surface area (Å²) in [5, 5.41) is 14.1. The number of nitrogens with one attached hydrogen (secondary N) is 1. The molecule has 0 aliphatic heterocycles. The number of nitrogens with zero attached hydrogens (tertiary/aromatic N) is 4. The van der Waals surface area contributed by atoms with Gasteiger partial charge in [0.05, 0.1) is 35.5 Å². The van der Waals surface area contributed by atoms with Crippen molar-refractivity contribution in [3.05, 3.63) is 94.9 Å². The predicted molar refractivity (Wildman–Crippen MR) is 157 cm³/mol. The SMILES string of the molecule is [2H]/C(=C\C(=O)Cc1cc2c(Nc3ccc(OCc4ccccn4)c(Cl)c3)c(C#N)cnc2cc1OCC)CN(C)C([2H])([2H])[2H]. The van der Waals surface area contributed by atoms with Crippen LogP contribution >= 0.6 is 11.6 Å². The molecular formula is C31H30ClN5O3. The Morgan fingerprint density at radius 2 is 2.10 bits per heavy atom. The average molecular weight is 560 g/mol. The predicted octanol–water partition coefficient (Wildman–Crippen LogP) is 6.11. The first-order valence-corrected chi connectivity index (χ1v) is 12.8. The molecule has 0 bridgehead atoms. The summed E-state index contributed by atoms with van der Waals surface area (Å²) in [6, 6.07) is 16.2. The van der Waals surface area contributed by atoms with Gasteiger partial charge in [-0.3, -0.25) is 14.8 Å². The molecule has 1 N–H and O–H groups in total. The minimum Gasteiger partial charge on any atom is -0.494 e. The van der Waals surface area contributed by atoms with Crippen LogP contribution in [-0.4, -0.2) is 47.8 Å². The molecule has 0 aliphatic carbocycles. The Labute approximate surface area is 244 Å². The first kappa shape index (κ1) is 23.4. The Bertz CT molecular complexity index is 1730. The van der Waals surface area contributed by atoms with E-state index in [0.29, 0.717) is 51.0 Å². The van der Waals surface area contributed by atoms with Gasteiger partial charge in [-0.15, -0.1) is 0 Å². The molecule has 0 saturated heterocycles. The summed E-state index contributed by atoms with van der Waals surface area (Å²) in [5.41, 5.74) is 3.13. The molecule has 0 radical (unpaired) electrons. The molecule has 0 spiro atoms. The van der Waals surface area contributed by atoms with E-state index in [1.165, 1.54) is 13.2 Å². The van der Waals surface area contributed by atoms with Gasteiger partial charge in [0.25, 0.3) is 0 Å². The molecule has 4 rings (SSSR count).